The van der Waals surface area contributed by atoms with Crippen LogP contribution < -0.4 is 5.32 Å². The van der Waals surface area contributed by atoms with Gasteiger partial charge < -0.3 is 5.32 Å². The summed E-state index contributed by atoms with van der Waals surface area (Å²) in [5.74, 6) is 0.705. The smallest absolute Gasteiger partial charge is 0.175 e. The molecule has 1 heterocycles. The summed E-state index contributed by atoms with van der Waals surface area (Å²) in [5, 5.41) is 4.85. The molecular weight excluding hydrogens is 424 g/mol. The zero-order valence-corrected chi connectivity index (χ0v) is 16.8. The number of fused-ring (bicyclic) bond motifs is 1. The maximum atomic E-state index is 11.5. The van der Waals surface area contributed by atoms with Crippen molar-refractivity contribution in [3.05, 3.63) is 63.6 Å². The number of hydrogen-bond donors (Lipinski definition) is 1. The largest absolute Gasteiger partial charge is 0.364 e. The van der Waals surface area contributed by atoms with Gasteiger partial charge in [0.25, 0.3) is 0 Å². The van der Waals surface area contributed by atoms with Gasteiger partial charge in [-0.2, -0.15) is 0 Å². The lowest BCUT2D eigenvalue weighted by Gasteiger charge is -2.16. The Morgan fingerprint density at radius 3 is 2.44 bits per heavy atom. The maximum Gasteiger partial charge on any atom is 0.175 e. The van der Waals surface area contributed by atoms with Gasteiger partial charge >= 0.3 is 0 Å². The molecule has 0 aliphatic rings. The first-order valence-corrected chi connectivity index (χ1v) is 10.6. The molecule has 0 aliphatic heterocycles. The third kappa shape index (κ3) is 4.14. The summed E-state index contributed by atoms with van der Waals surface area (Å²) in [6.45, 7) is 1.99. The van der Waals surface area contributed by atoms with E-state index in [1.165, 1.54) is 6.26 Å². The van der Waals surface area contributed by atoms with E-state index in [0.29, 0.717) is 15.7 Å². The van der Waals surface area contributed by atoms with Crippen molar-refractivity contribution in [2.75, 3.05) is 11.6 Å². The van der Waals surface area contributed by atoms with Gasteiger partial charge in [-0.15, -0.1) is 0 Å². The lowest BCUT2D eigenvalue weighted by molar-refractivity contribution is 0.602. The molecule has 0 saturated heterocycles. The van der Waals surface area contributed by atoms with Gasteiger partial charge in [-0.3, -0.25) is 0 Å². The van der Waals surface area contributed by atoms with Crippen molar-refractivity contribution < 1.29 is 8.42 Å². The number of pyridine rings is 1. The first-order valence-electron chi connectivity index (χ1n) is 7.56. The van der Waals surface area contributed by atoms with Crippen LogP contribution >= 0.6 is 27.5 Å². The van der Waals surface area contributed by atoms with E-state index in [1.54, 1.807) is 24.3 Å². The van der Waals surface area contributed by atoms with Crippen molar-refractivity contribution in [1.82, 2.24) is 4.98 Å². The molecule has 0 saturated carbocycles. The van der Waals surface area contributed by atoms with Crippen molar-refractivity contribution in [2.24, 2.45) is 0 Å². The molecule has 1 unspecified atom stereocenters. The number of aromatic nitrogens is 1. The number of nitrogens with one attached hydrogen (secondary N) is 1. The average molecular weight is 440 g/mol. The first kappa shape index (κ1) is 18.2. The highest BCUT2D eigenvalue weighted by Crippen LogP contribution is 2.29. The maximum absolute atomic E-state index is 11.5. The summed E-state index contributed by atoms with van der Waals surface area (Å²) in [4.78, 5) is 4.89. The molecule has 25 heavy (non-hydrogen) atoms. The van der Waals surface area contributed by atoms with Gasteiger partial charge in [0, 0.05) is 22.2 Å². The highest BCUT2D eigenvalue weighted by atomic mass is 79.9. The molecule has 0 bridgehead atoms. The Labute approximate surface area is 160 Å². The van der Waals surface area contributed by atoms with Crippen LogP contribution in [0.25, 0.3) is 10.9 Å². The van der Waals surface area contributed by atoms with Gasteiger partial charge in [0.15, 0.2) is 9.84 Å². The fraction of sp³-hybridized carbons (Fsp3) is 0.167. The van der Waals surface area contributed by atoms with Gasteiger partial charge in [0.05, 0.1) is 15.4 Å². The predicted octanol–water partition coefficient (Wildman–Crippen LogP) is 5.23. The Hall–Kier alpha value is -1.63. The number of benzene rings is 2. The third-order valence-corrected chi connectivity index (χ3v) is 5.76. The van der Waals surface area contributed by atoms with E-state index in [1.807, 2.05) is 31.2 Å². The lowest BCUT2D eigenvalue weighted by Crippen LogP contribution is -2.08. The van der Waals surface area contributed by atoms with Crippen molar-refractivity contribution in [2.45, 2.75) is 17.9 Å². The van der Waals surface area contributed by atoms with Crippen LogP contribution in [0.2, 0.25) is 5.02 Å². The topological polar surface area (TPSA) is 59.1 Å². The summed E-state index contributed by atoms with van der Waals surface area (Å²) in [7, 11) is -3.19. The number of sulfone groups is 1. The second kappa shape index (κ2) is 6.94. The number of rotatable bonds is 4. The quantitative estimate of drug-likeness (QED) is 0.605. The van der Waals surface area contributed by atoms with Crippen LogP contribution in [-0.4, -0.2) is 19.7 Å². The van der Waals surface area contributed by atoms with Crippen LogP contribution in [0.5, 0.6) is 0 Å². The molecule has 3 rings (SSSR count). The zero-order valence-electron chi connectivity index (χ0n) is 13.6. The summed E-state index contributed by atoms with van der Waals surface area (Å²) >= 11 is 9.69. The van der Waals surface area contributed by atoms with Gasteiger partial charge in [-0.05, 0) is 48.9 Å². The molecule has 0 amide bonds. The predicted molar refractivity (Wildman–Crippen MR) is 106 cm³/mol. The molecule has 0 radical (unpaired) electrons. The summed E-state index contributed by atoms with van der Waals surface area (Å²) in [6.07, 6.45) is 1.20. The van der Waals surface area contributed by atoms with E-state index < -0.39 is 9.84 Å². The van der Waals surface area contributed by atoms with Gasteiger partial charge in [-0.1, -0.05) is 39.7 Å². The van der Waals surface area contributed by atoms with Crippen LogP contribution in [0.15, 0.2) is 57.9 Å². The molecule has 1 N–H and O–H groups in total. The third-order valence-electron chi connectivity index (χ3n) is 3.88. The minimum atomic E-state index is -3.19. The molecule has 4 nitrogen and oxygen atoms in total. The van der Waals surface area contributed by atoms with Crippen molar-refractivity contribution >= 4 is 54.1 Å². The Balaban J connectivity index is 1.85. The van der Waals surface area contributed by atoms with E-state index in [-0.39, 0.29) is 6.04 Å². The number of hydrogen-bond acceptors (Lipinski definition) is 4. The van der Waals surface area contributed by atoms with Crippen molar-refractivity contribution in [3.63, 3.8) is 0 Å². The van der Waals surface area contributed by atoms with Crippen LogP contribution in [-0.2, 0) is 9.84 Å². The molecule has 130 valence electrons. The Bertz CT molecular complexity index is 1040. The first-order chi connectivity index (χ1) is 11.7. The van der Waals surface area contributed by atoms with E-state index in [2.05, 4.69) is 26.2 Å². The van der Waals surface area contributed by atoms with Gasteiger partial charge in [0.2, 0.25) is 0 Å². The highest BCUT2D eigenvalue weighted by molar-refractivity contribution is 9.10. The molecule has 3 aromatic rings. The van der Waals surface area contributed by atoms with Crippen molar-refractivity contribution in [1.29, 1.82) is 0 Å². The van der Waals surface area contributed by atoms with E-state index >= 15 is 0 Å². The SMILES string of the molecule is CC(Nc1ccc2cc(Br)cc(Cl)c2n1)c1ccc(S(C)(=O)=O)cc1. The standard InChI is InChI=1S/C18H16BrClN2O2S/c1-11(12-3-6-15(7-4-12)25(2,23)24)21-17-8-5-13-9-14(19)10-16(20)18(13)22-17/h3-11H,1-2H3,(H,21,22). The van der Waals surface area contributed by atoms with E-state index in [9.17, 15) is 8.42 Å². The highest BCUT2D eigenvalue weighted by Gasteiger charge is 2.11. The van der Waals surface area contributed by atoms with Gasteiger partial charge in [-0.25, -0.2) is 13.4 Å². The Kier molecular flexibility index (Phi) is 5.04. The average Bonchev–Trinajstić information content (AvgIpc) is 2.54. The van der Waals surface area contributed by atoms with Crippen molar-refractivity contribution in [3.8, 4) is 0 Å². The molecular formula is C18H16BrClN2O2S. The lowest BCUT2D eigenvalue weighted by atomic mass is 10.1. The fourth-order valence-corrected chi connectivity index (χ4v) is 4.05. The molecule has 7 heteroatoms. The molecule has 0 aliphatic carbocycles. The zero-order chi connectivity index (χ0) is 18.2. The molecule has 1 atom stereocenters. The number of halogens is 2. The van der Waals surface area contributed by atoms with Crippen LogP contribution in [0, 0.1) is 0 Å². The Morgan fingerprint density at radius 1 is 1.12 bits per heavy atom. The molecule has 0 fully saturated rings. The minimum Gasteiger partial charge on any atom is -0.364 e. The molecule has 1 aromatic heterocycles. The van der Waals surface area contributed by atoms with E-state index in [4.69, 9.17) is 11.6 Å². The summed E-state index contributed by atoms with van der Waals surface area (Å²) < 4.78 is 24.0. The summed E-state index contributed by atoms with van der Waals surface area (Å²) in [5.41, 5.74) is 1.70. The second-order valence-corrected chi connectivity index (χ2v) is 9.20. The molecule has 2 aromatic carbocycles. The number of nitrogens with zero attached hydrogens (tertiary/aromatic N) is 1. The summed E-state index contributed by atoms with van der Waals surface area (Å²) in [6, 6.07) is 14.4. The molecule has 0 spiro atoms. The second-order valence-electron chi connectivity index (χ2n) is 5.86. The van der Waals surface area contributed by atoms with Crippen LogP contribution in [0.3, 0.4) is 0 Å². The monoisotopic (exact) mass is 438 g/mol. The van der Waals surface area contributed by atoms with Crippen LogP contribution in [0.4, 0.5) is 5.82 Å². The van der Waals surface area contributed by atoms with Crippen LogP contribution in [0.1, 0.15) is 18.5 Å². The van der Waals surface area contributed by atoms with E-state index in [0.717, 1.165) is 20.9 Å². The Morgan fingerprint density at radius 2 is 1.80 bits per heavy atom. The normalized spacial score (nSPS) is 13.0. The van der Waals surface area contributed by atoms with Gasteiger partial charge in [0.1, 0.15) is 5.82 Å². The minimum absolute atomic E-state index is 0.0345. The fourth-order valence-electron chi connectivity index (χ4n) is 2.55. The number of anilines is 1.